The summed E-state index contributed by atoms with van der Waals surface area (Å²) in [6.07, 6.45) is 2.12. The van der Waals surface area contributed by atoms with E-state index >= 15 is 0 Å². The van der Waals surface area contributed by atoms with Gasteiger partial charge in [0.05, 0.1) is 24.5 Å². The lowest BCUT2D eigenvalue weighted by Crippen LogP contribution is -2.45. The topological polar surface area (TPSA) is 86.6 Å². The Labute approximate surface area is 114 Å². The number of carbonyl (C=O) groups is 2. The van der Waals surface area contributed by atoms with Crippen LogP contribution in [0.3, 0.4) is 0 Å². The third kappa shape index (κ3) is 3.93. The Morgan fingerprint density at radius 1 is 1.26 bits per heavy atom. The first-order valence-corrected chi connectivity index (χ1v) is 7.04. The van der Waals surface area contributed by atoms with E-state index in [1.807, 2.05) is 20.8 Å². The predicted octanol–water partition coefficient (Wildman–Crippen LogP) is 1.26. The summed E-state index contributed by atoms with van der Waals surface area (Å²) in [6, 6.07) is -0.303. The second-order valence-electron chi connectivity index (χ2n) is 5.84. The summed E-state index contributed by atoms with van der Waals surface area (Å²) in [7, 11) is 0. The van der Waals surface area contributed by atoms with Crippen LogP contribution in [0.25, 0.3) is 0 Å². The maximum Gasteiger partial charge on any atom is 0.307 e. The van der Waals surface area contributed by atoms with Crippen LogP contribution < -0.4 is 5.32 Å². The molecule has 4 atom stereocenters. The Balaban J connectivity index is 2.71. The van der Waals surface area contributed by atoms with Crippen molar-refractivity contribution >= 4 is 11.9 Å². The fourth-order valence-electron chi connectivity index (χ4n) is 2.75. The molecule has 19 heavy (non-hydrogen) atoms. The van der Waals surface area contributed by atoms with Crippen LogP contribution in [-0.2, 0) is 9.59 Å². The Hall–Kier alpha value is -1.10. The summed E-state index contributed by atoms with van der Waals surface area (Å²) < 4.78 is 0. The number of carboxylic acid groups (broad SMARTS) is 1. The van der Waals surface area contributed by atoms with E-state index in [9.17, 15) is 19.8 Å². The monoisotopic (exact) mass is 271 g/mol. The number of carboxylic acids is 1. The number of nitrogens with one attached hydrogen (secondary N) is 1. The highest BCUT2D eigenvalue weighted by Gasteiger charge is 2.42. The summed E-state index contributed by atoms with van der Waals surface area (Å²) in [5, 5.41) is 21.2. The van der Waals surface area contributed by atoms with Crippen LogP contribution in [-0.4, -0.2) is 34.7 Å². The van der Waals surface area contributed by atoms with Gasteiger partial charge in [-0.2, -0.15) is 0 Å². The van der Waals surface area contributed by atoms with Crippen molar-refractivity contribution in [2.75, 3.05) is 6.61 Å². The van der Waals surface area contributed by atoms with Gasteiger partial charge in [0.2, 0.25) is 5.91 Å². The summed E-state index contributed by atoms with van der Waals surface area (Å²) in [5.74, 6) is -1.73. The number of rotatable bonds is 6. The smallest absolute Gasteiger partial charge is 0.307 e. The zero-order valence-electron chi connectivity index (χ0n) is 11.9. The molecule has 5 nitrogen and oxygen atoms in total. The molecule has 3 N–H and O–H groups in total. The van der Waals surface area contributed by atoms with Gasteiger partial charge in [-0.05, 0) is 24.7 Å². The van der Waals surface area contributed by atoms with E-state index in [1.165, 1.54) is 0 Å². The highest BCUT2D eigenvalue weighted by atomic mass is 16.4. The summed E-state index contributed by atoms with van der Waals surface area (Å²) in [6.45, 7) is 5.73. The molecule has 0 spiro atoms. The van der Waals surface area contributed by atoms with Gasteiger partial charge >= 0.3 is 5.97 Å². The zero-order chi connectivity index (χ0) is 14.6. The number of amides is 1. The maximum absolute atomic E-state index is 12.2. The minimum absolute atomic E-state index is 0.120. The molecular formula is C14H25NO4. The molecule has 1 amide bonds. The minimum Gasteiger partial charge on any atom is -0.481 e. The van der Waals surface area contributed by atoms with E-state index in [0.717, 1.165) is 6.42 Å². The van der Waals surface area contributed by atoms with E-state index in [2.05, 4.69) is 5.32 Å². The fraction of sp³-hybridized carbons (Fsp3) is 0.857. The lowest BCUT2D eigenvalue weighted by molar-refractivity contribution is -0.146. The third-order valence-corrected chi connectivity index (χ3v) is 4.22. The van der Waals surface area contributed by atoms with Gasteiger partial charge in [0, 0.05) is 0 Å². The number of hydrogen-bond acceptors (Lipinski definition) is 3. The first kappa shape index (κ1) is 16.0. The predicted molar refractivity (Wildman–Crippen MR) is 71.5 cm³/mol. The quantitative estimate of drug-likeness (QED) is 0.678. The highest BCUT2D eigenvalue weighted by molar-refractivity contribution is 5.85. The molecule has 1 aliphatic rings. The number of aliphatic carboxylic acids is 1. The highest BCUT2D eigenvalue weighted by Crippen LogP contribution is 2.38. The van der Waals surface area contributed by atoms with Crippen LogP contribution in [0, 0.1) is 23.7 Å². The Bertz CT molecular complexity index is 329. The van der Waals surface area contributed by atoms with E-state index in [4.69, 9.17) is 0 Å². The van der Waals surface area contributed by atoms with Crippen LogP contribution in [0.15, 0.2) is 0 Å². The second-order valence-corrected chi connectivity index (χ2v) is 5.84. The Morgan fingerprint density at radius 3 is 2.26 bits per heavy atom. The molecule has 0 aromatic carbocycles. The molecule has 1 saturated carbocycles. The number of hydrogen-bond donors (Lipinski definition) is 3. The zero-order valence-corrected chi connectivity index (χ0v) is 11.9. The normalized spacial score (nSPS) is 28.4. The van der Waals surface area contributed by atoms with Crippen LogP contribution in [0.5, 0.6) is 0 Å². The summed E-state index contributed by atoms with van der Waals surface area (Å²) >= 11 is 0. The summed E-state index contributed by atoms with van der Waals surface area (Å²) in [4.78, 5) is 23.4. The molecule has 3 unspecified atom stereocenters. The minimum atomic E-state index is -0.888. The summed E-state index contributed by atoms with van der Waals surface area (Å²) in [5.41, 5.74) is 0. The second kappa shape index (κ2) is 6.89. The number of aliphatic hydroxyl groups is 1. The van der Waals surface area contributed by atoms with Crippen molar-refractivity contribution in [3.8, 4) is 0 Å². The van der Waals surface area contributed by atoms with Crippen molar-refractivity contribution in [3.63, 3.8) is 0 Å². The van der Waals surface area contributed by atoms with Crippen LogP contribution in [0.1, 0.15) is 40.0 Å². The van der Waals surface area contributed by atoms with Crippen molar-refractivity contribution < 1.29 is 19.8 Å². The van der Waals surface area contributed by atoms with Gasteiger partial charge in [0.15, 0.2) is 0 Å². The number of carbonyl (C=O) groups excluding carboxylic acids is 1. The SMILES string of the molecule is CCC1CC(C(=O)O)C(C(=O)N[C@H](CO)C(C)C)C1. The van der Waals surface area contributed by atoms with Crippen LogP contribution >= 0.6 is 0 Å². The first-order chi connectivity index (χ1) is 8.90. The molecule has 0 aromatic rings. The molecular weight excluding hydrogens is 246 g/mol. The maximum atomic E-state index is 12.2. The molecule has 1 rings (SSSR count). The van der Waals surface area contributed by atoms with Gasteiger partial charge in [-0.3, -0.25) is 9.59 Å². The lowest BCUT2D eigenvalue weighted by atomic mass is 9.94. The first-order valence-electron chi connectivity index (χ1n) is 7.04. The van der Waals surface area contributed by atoms with Crippen molar-refractivity contribution in [3.05, 3.63) is 0 Å². The Kier molecular flexibility index (Phi) is 5.79. The van der Waals surface area contributed by atoms with Crippen molar-refractivity contribution in [2.45, 2.75) is 46.1 Å². The molecule has 0 aliphatic heterocycles. The average molecular weight is 271 g/mol. The number of aliphatic hydroxyl groups excluding tert-OH is 1. The van der Waals surface area contributed by atoms with Gasteiger partial charge in [0.1, 0.15) is 0 Å². The molecule has 0 aromatic heterocycles. The van der Waals surface area contributed by atoms with E-state index < -0.39 is 17.8 Å². The molecule has 0 saturated heterocycles. The standard InChI is InChI=1S/C14H25NO4/c1-4-9-5-10(11(6-9)14(18)19)13(17)15-12(7-16)8(2)3/h8-12,16H,4-7H2,1-3H3,(H,15,17)(H,18,19)/t9?,10?,11?,12-/m1/s1. The average Bonchev–Trinajstić information content (AvgIpc) is 2.79. The fourth-order valence-corrected chi connectivity index (χ4v) is 2.75. The third-order valence-electron chi connectivity index (χ3n) is 4.22. The molecule has 1 aliphatic carbocycles. The molecule has 110 valence electrons. The molecule has 1 fully saturated rings. The molecule has 0 heterocycles. The Morgan fingerprint density at radius 2 is 1.84 bits per heavy atom. The van der Waals surface area contributed by atoms with Crippen molar-refractivity contribution in [1.29, 1.82) is 0 Å². The van der Waals surface area contributed by atoms with Gasteiger partial charge in [0.25, 0.3) is 0 Å². The lowest BCUT2D eigenvalue weighted by Gasteiger charge is -2.23. The van der Waals surface area contributed by atoms with Gasteiger partial charge in [-0.25, -0.2) is 0 Å². The van der Waals surface area contributed by atoms with Crippen molar-refractivity contribution in [1.82, 2.24) is 5.32 Å². The van der Waals surface area contributed by atoms with Gasteiger partial charge < -0.3 is 15.5 Å². The van der Waals surface area contributed by atoms with Crippen LogP contribution in [0.4, 0.5) is 0 Å². The van der Waals surface area contributed by atoms with Crippen LogP contribution in [0.2, 0.25) is 0 Å². The molecule has 5 heteroatoms. The van der Waals surface area contributed by atoms with Gasteiger partial charge in [-0.1, -0.05) is 27.2 Å². The largest absolute Gasteiger partial charge is 0.481 e. The molecule has 0 radical (unpaired) electrons. The molecule has 0 bridgehead atoms. The van der Waals surface area contributed by atoms with E-state index in [1.54, 1.807) is 0 Å². The van der Waals surface area contributed by atoms with E-state index in [0.29, 0.717) is 18.8 Å². The van der Waals surface area contributed by atoms with Gasteiger partial charge in [-0.15, -0.1) is 0 Å². The van der Waals surface area contributed by atoms with Crippen molar-refractivity contribution in [2.24, 2.45) is 23.7 Å². The van der Waals surface area contributed by atoms with E-state index in [-0.39, 0.29) is 24.5 Å².